The lowest BCUT2D eigenvalue weighted by molar-refractivity contribution is 0.0883. The highest BCUT2D eigenvalue weighted by molar-refractivity contribution is 6.03. The fourth-order valence-corrected chi connectivity index (χ4v) is 2.82. The van der Waals surface area contributed by atoms with Crippen molar-refractivity contribution in [1.29, 1.82) is 0 Å². The molecule has 0 aromatic heterocycles. The fourth-order valence-electron chi connectivity index (χ4n) is 2.82. The molecule has 0 unspecified atom stereocenters. The average molecular weight is 278 g/mol. The van der Waals surface area contributed by atoms with E-state index in [0.29, 0.717) is 22.8 Å². The lowest BCUT2D eigenvalue weighted by atomic mass is 9.83. The zero-order chi connectivity index (χ0) is 14.5. The van der Waals surface area contributed by atoms with Crippen molar-refractivity contribution in [1.82, 2.24) is 0 Å². The number of carbonyl (C=O) groups is 1. The van der Waals surface area contributed by atoms with Crippen LogP contribution in [0.5, 0.6) is 17.2 Å². The Balaban J connectivity index is 2.39. The molecule has 0 aliphatic heterocycles. The molecular formula is C16H22O4. The zero-order valence-electron chi connectivity index (χ0n) is 12.4. The Hall–Kier alpha value is -1.71. The monoisotopic (exact) mass is 278 g/mol. The van der Waals surface area contributed by atoms with E-state index in [1.54, 1.807) is 33.5 Å². The van der Waals surface area contributed by atoms with Gasteiger partial charge in [0.15, 0.2) is 5.78 Å². The van der Waals surface area contributed by atoms with Crippen molar-refractivity contribution < 1.29 is 19.0 Å². The summed E-state index contributed by atoms with van der Waals surface area (Å²) in [5.74, 6) is 1.88. The molecule has 1 aliphatic carbocycles. The van der Waals surface area contributed by atoms with Crippen molar-refractivity contribution in [3.8, 4) is 17.2 Å². The molecule has 0 spiro atoms. The highest BCUT2D eigenvalue weighted by Gasteiger charge is 2.28. The summed E-state index contributed by atoms with van der Waals surface area (Å²) in [5.41, 5.74) is 0.544. The summed E-state index contributed by atoms with van der Waals surface area (Å²) in [6.07, 6.45) is 5.38. The van der Waals surface area contributed by atoms with Crippen LogP contribution in [0.4, 0.5) is 0 Å². The Bertz CT molecular complexity index is 450. The molecule has 0 atom stereocenters. The number of hydrogen-bond donors (Lipinski definition) is 0. The van der Waals surface area contributed by atoms with Gasteiger partial charge in [0.25, 0.3) is 0 Å². The van der Waals surface area contributed by atoms with Gasteiger partial charge in [0.05, 0.1) is 21.3 Å². The first-order valence-corrected chi connectivity index (χ1v) is 7.05. The van der Waals surface area contributed by atoms with Gasteiger partial charge in [0.2, 0.25) is 0 Å². The number of benzene rings is 1. The van der Waals surface area contributed by atoms with Gasteiger partial charge in [-0.1, -0.05) is 19.3 Å². The van der Waals surface area contributed by atoms with Crippen LogP contribution >= 0.6 is 0 Å². The third kappa shape index (κ3) is 2.89. The fraction of sp³-hybridized carbons (Fsp3) is 0.562. The summed E-state index contributed by atoms with van der Waals surface area (Å²) in [7, 11) is 4.70. The van der Waals surface area contributed by atoms with Crippen LogP contribution in [-0.4, -0.2) is 27.1 Å². The maximum absolute atomic E-state index is 12.8. The van der Waals surface area contributed by atoms with Gasteiger partial charge in [-0.25, -0.2) is 0 Å². The number of ether oxygens (including phenoxy) is 3. The molecule has 0 bridgehead atoms. The first-order valence-electron chi connectivity index (χ1n) is 7.05. The molecule has 0 saturated heterocycles. The van der Waals surface area contributed by atoms with Gasteiger partial charge in [0.1, 0.15) is 22.8 Å². The Morgan fingerprint density at radius 1 is 0.950 bits per heavy atom. The molecule has 0 radical (unpaired) electrons. The van der Waals surface area contributed by atoms with Crippen LogP contribution in [-0.2, 0) is 0 Å². The molecule has 0 N–H and O–H groups in total. The molecule has 2 rings (SSSR count). The minimum Gasteiger partial charge on any atom is -0.496 e. The van der Waals surface area contributed by atoms with Crippen LogP contribution in [0.1, 0.15) is 42.5 Å². The van der Waals surface area contributed by atoms with Crippen LogP contribution in [0.2, 0.25) is 0 Å². The molecule has 1 aliphatic rings. The highest BCUT2D eigenvalue weighted by Crippen LogP contribution is 2.38. The third-order valence-electron chi connectivity index (χ3n) is 3.94. The van der Waals surface area contributed by atoms with E-state index in [2.05, 4.69) is 0 Å². The predicted molar refractivity (Wildman–Crippen MR) is 77.0 cm³/mol. The standard InChI is InChI=1S/C16H22O4/c1-18-12-9-13(19-2)15(14(10-12)20-3)16(17)11-7-5-4-6-8-11/h9-11H,4-8H2,1-3H3. The Morgan fingerprint density at radius 2 is 1.50 bits per heavy atom. The van der Waals surface area contributed by atoms with Gasteiger partial charge < -0.3 is 14.2 Å². The van der Waals surface area contributed by atoms with Crippen LogP contribution in [0.25, 0.3) is 0 Å². The van der Waals surface area contributed by atoms with E-state index in [1.165, 1.54) is 6.42 Å². The van der Waals surface area contributed by atoms with Gasteiger partial charge in [0, 0.05) is 18.1 Å². The van der Waals surface area contributed by atoms with Gasteiger partial charge in [-0.2, -0.15) is 0 Å². The van der Waals surface area contributed by atoms with E-state index in [9.17, 15) is 4.79 Å². The Labute approximate surface area is 120 Å². The van der Waals surface area contributed by atoms with E-state index in [-0.39, 0.29) is 11.7 Å². The minimum absolute atomic E-state index is 0.0833. The smallest absolute Gasteiger partial charge is 0.173 e. The van der Waals surface area contributed by atoms with E-state index >= 15 is 0 Å². The van der Waals surface area contributed by atoms with Gasteiger partial charge >= 0.3 is 0 Å². The van der Waals surface area contributed by atoms with Gasteiger partial charge in [-0.15, -0.1) is 0 Å². The summed E-state index contributed by atoms with van der Waals surface area (Å²) in [6.45, 7) is 0. The lowest BCUT2D eigenvalue weighted by Gasteiger charge is -2.22. The van der Waals surface area contributed by atoms with Crippen LogP contribution < -0.4 is 14.2 Å². The van der Waals surface area contributed by atoms with Crippen molar-refractivity contribution >= 4 is 5.78 Å². The van der Waals surface area contributed by atoms with Crippen LogP contribution in [0.15, 0.2) is 12.1 Å². The molecular weight excluding hydrogens is 256 g/mol. The molecule has 20 heavy (non-hydrogen) atoms. The number of ketones is 1. The second-order valence-electron chi connectivity index (χ2n) is 5.11. The molecule has 1 saturated carbocycles. The number of methoxy groups -OCH3 is 3. The summed E-state index contributed by atoms with van der Waals surface area (Å²) >= 11 is 0. The summed E-state index contributed by atoms with van der Waals surface area (Å²) in [4.78, 5) is 12.8. The van der Waals surface area contributed by atoms with E-state index in [0.717, 1.165) is 25.7 Å². The molecule has 1 fully saturated rings. The van der Waals surface area contributed by atoms with Crippen molar-refractivity contribution in [3.05, 3.63) is 17.7 Å². The van der Waals surface area contributed by atoms with E-state index < -0.39 is 0 Å². The molecule has 110 valence electrons. The van der Waals surface area contributed by atoms with Gasteiger partial charge in [-0.3, -0.25) is 4.79 Å². The molecule has 0 heterocycles. The van der Waals surface area contributed by atoms with Crippen molar-refractivity contribution in [2.75, 3.05) is 21.3 Å². The largest absolute Gasteiger partial charge is 0.496 e. The molecule has 4 heteroatoms. The average Bonchev–Trinajstić information content (AvgIpc) is 2.53. The summed E-state index contributed by atoms with van der Waals surface area (Å²) in [5, 5.41) is 0. The second kappa shape index (κ2) is 6.64. The lowest BCUT2D eigenvalue weighted by Crippen LogP contribution is -2.19. The molecule has 0 amide bonds. The van der Waals surface area contributed by atoms with Crippen molar-refractivity contribution in [3.63, 3.8) is 0 Å². The number of Topliss-reactive ketones (excluding diaryl/α,β-unsaturated/α-hetero) is 1. The van der Waals surface area contributed by atoms with Crippen molar-refractivity contribution in [2.24, 2.45) is 5.92 Å². The van der Waals surface area contributed by atoms with Crippen molar-refractivity contribution in [2.45, 2.75) is 32.1 Å². The molecule has 4 nitrogen and oxygen atoms in total. The molecule has 1 aromatic rings. The van der Waals surface area contributed by atoms with Crippen LogP contribution in [0, 0.1) is 5.92 Å². The van der Waals surface area contributed by atoms with E-state index in [1.807, 2.05) is 0 Å². The number of hydrogen-bond acceptors (Lipinski definition) is 4. The first kappa shape index (κ1) is 14.7. The second-order valence-corrected chi connectivity index (χ2v) is 5.11. The van der Waals surface area contributed by atoms with Crippen LogP contribution in [0.3, 0.4) is 0 Å². The zero-order valence-corrected chi connectivity index (χ0v) is 12.4. The normalized spacial score (nSPS) is 15.8. The quantitative estimate of drug-likeness (QED) is 0.774. The highest BCUT2D eigenvalue weighted by atomic mass is 16.5. The van der Waals surface area contributed by atoms with Gasteiger partial charge in [-0.05, 0) is 12.8 Å². The first-order chi connectivity index (χ1) is 9.71. The maximum atomic E-state index is 12.8. The Kier molecular flexibility index (Phi) is 4.88. The predicted octanol–water partition coefficient (Wildman–Crippen LogP) is 3.48. The topological polar surface area (TPSA) is 44.8 Å². The molecule has 1 aromatic carbocycles. The minimum atomic E-state index is 0.0833. The Morgan fingerprint density at radius 3 is 1.95 bits per heavy atom. The maximum Gasteiger partial charge on any atom is 0.173 e. The summed E-state index contributed by atoms with van der Waals surface area (Å²) < 4.78 is 15.9. The SMILES string of the molecule is COc1cc(OC)c(C(=O)C2CCCCC2)c(OC)c1. The number of carbonyl (C=O) groups excluding carboxylic acids is 1. The third-order valence-corrected chi connectivity index (χ3v) is 3.94. The number of rotatable bonds is 5. The summed E-state index contributed by atoms with van der Waals surface area (Å²) in [6, 6.07) is 3.47. The van der Waals surface area contributed by atoms with E-state index in [4.69, 9.17) is 14.2 Å².